The molecule has 0 aliphatic heterocycles. The highest BCUT2D eigenvalue weighted by molar-refractivity contribution is 7.19. The van der Waals surface area contributed by atoms with Crippen LogP contribution in [0.1, 0.15) is 54.5 Å². The molecule has 152 valence electrons. The maximum Gasteiger partial charge on any atom is 0.138 e. The first-order chi connectivity index (χ1) is 14.4. The van der Waals surface area contributed by atoms with Gasteiger partial charge in [0.05, 0.1) is 5.39 Å². The lowest BCUT2D eigenvalue weighted by molar-refractivity contribution is 0.353. The topological polar surface area (TPSA) is 49.8 Å². The molecule has 4 nitrogen and oxygen atoms in total. The van der Waals surface area contributed by atoms with Crippen molar-refractivity contribution in [3.8, 4) is 0 Å². The normalized spacial score (nSPS) is 21.4. The van der Waals surface area contributed by atoms with Crippen molar-refractivity contribution in [1.82, 2.24) is 15.3 Å². The highest BCUT2D eigenvalue weighted by Crippen LogP contribution is 2.39. The van der Waals surface area contributed by atoms with Crippen LogP contribution in [0.25, 0.3) is 10.2 Å². The molecule has 5 rings (SSSR count). The van der Waals surface area contributed by atoms with Crippen LogP contribution in [0.4, 0.5) is 5.82 Å². The van der Waals surface area contributed by atoms with E-state index in [1.807, 2.05) is 11.3 Å². The van der Waals surface area contributed by atoms with Crippen LogP contribution in [-0.2, 0) is 19.3 Å². The number of benzene rings is 1. The van der Waals surface area contributed by atoms with Crippen molar-refractivity contribution >= 4 is 27.4 Å². The Labute approximate surface area is 177 Å². The Morgan fingerprint density at radius 1 is 0.966 bits per heavy atom. The zero-order chi connectivity index (χ0) is 19.5. The number of rotatable bonds is 7. The number of fused-ring (bicyclic) bond motifs is 3. The van der Waals surface area contributed by atoms with Crippen LogP contribution in [0.2, 0.25) is 0 Å². The van der Waals surface area contributed by atoms with E-state index in [4.69, 9.17) is 0 Å². The number of thiophene rings is 1. The molecule has 2 aliphatic rings. The van der Waals surface area contributed by atoms with E-state index >= 15 is 0 Å². The molecule has 2 heterocycles. The summed E-state index contributed by atoms with van der Waals surface area (Å²) in [6.07, 6.45) is 12.7. The van der Waals surface area contributed by atoms with E-state index in [0.29, 0.717) is 12.1 Å². The molecule has 3 aromatic rings. The van der Waals surface area contributed by atoms with Crippen LogP contribution in [0, 0.1) is 0 Å². The van der Waals surface area contributed by atoms with Crippen molar-refractivity contribution in [3.05, 3.63) is 52.7 Å². The van der Waals surface area contributed by atoms with E-state index in [0.717, 1.165) is 12.4 Å². The highest BCUT2D eigenvalue weighted by Gasteiger charge is 2.24. The Balaban J connectivity index is 1.11. The first-order valence-corrected chi connectivity index (χ1v) is 12.0. The van der Waals surface area contributed by atoms with Gasteiger partial charge in [-0.3, -0.25) is 0 Å². The first-order valence-electron chi connectivity index (χ1n) is 11.2. The molecule has 0 spiro atoms. The van der Waals surface area contributed by atoms with Crippen molar-refractivity contribution in [2.75, 3.05) is 11.9 Å². The minimum atomic E-state index is 0.535. The van der Waals surface area contributed by atoms with Gasteiger partial charge in [-0.05, 0) is 75.5 Å². The number of hydrogen-bond donors (Lipinski definition) is 2. The van der Waals surface area contributed by atoms with E-state index in [2.05, 4.69) is 50.9 Å². The summed E-state index contributed by atoms with van der Waals surface area (Å²) in [5.41, 5.74) is 2.96. The van der Waals surface area contributed by atoms with Gasteiger partial charge < -0.3 is 10.6 Å². The van der Waals surface area contributed by atoms with Gasteiger partial charge >= 0.3 is 0 Å². The van der Waals surface area contributed by atoms with Gasteiger partial charge in [-0.1, -0.05) is 30.3 Å². The van der Waals surface area contributed by atoms with Crippen LogP contribution < -0.4 is 10.6 Å². The smallest absolute Gasteiger partial charge is 0.138 e. The maximum atomic E-state index is 4.63. The molecule has 1 fully saturated rings. The third-order valence-corrected chi connectivity index (χ3v) is 7.69. The first kappa shape index (κ1) is 19.0. The lowest BCUT2D eigenvalue weighted by Crippen LogP contribution is -2.37. The molecule has 2 aromatic heterocycles. The lowest BCUT2D eigenvalue weighted by Gasteiger charge is -2.30. The summed E-state index contributed by atoms with van der Waals surface area (Å²) in [4.78, 5) is 11.9. The maximum absolute atomic E-state index is 4.63. The number of aromatic nitrogens is 2. The van der Waals surface area contributed by atoms with Gasteiger partial charge in [-0.25, -0.2) is 9.97 Å². The van der Waals surface area contributed by atoms with Gasteiger partial charge in [0.15, 0.2) is 0 Å². The fraction of sp³-hybridized carbons (Fsp3) is 0.500. The standard InChI is InChI=1S/C24H30N4S/c1-2-6-17(7-3-1)8-5-15-25-18-11-13-19(14-12-18)28-23-22-20-9-4-10-21(20)29-24(22)27-16-26-23/h1-3,6-7,16,18-19,25H,4-5,8-15H2,(H,26,27,28). The summed E-state index contributed by atoms with van der Waals surface area (Å²) in [5, 5.41) is 8.87. The number of anilines is 1. The largest absolute Gasteiger partial charge is 0.367 e. The molecule has 0 unspecified atom stereocenters. The molecule has 1 aromatic carbocycles. The van der Waals surface area contributed by atoms with Crippen molar-refractivity contribution in [3.63, 3.8) is 0 Å². The minimum absolute atomic E-state index is 0.535. The van der Waals surface area contributed by atoms with E-state index in [1.54, 1.807) is 6.33 Å². The Morgan fingerprint density at radius 3 is 2.66 bits per heavy atom. The second-order valence-electron chi connectivity index (χ2n) is 8.50. The third-order valence-electron chi connectivity index (χ3n) is 6.49. The van der Waals surface area contributed by atoms with Crippen molar-refractivity contribution in [2.24, 2.45) is 0 Å². The number of hydrogen-bond acceptors (Lipinski definition) is 5. The van der Waals surface area contributed by atoms with Crippen molar-refractivity contribution in [2.45, 2.75) is 69.9 Å². The Hall–Kier alpha value is -1.98. The van der Waals surface area contributed by atoms with Gasteiger partial charge in [0.1, 0.15) is 17.0 Å². The van der Waals surface area contributed by atoms with Crippen molar-refractivity contribution < 1.29 is 0 Å². The van der Waals surface area contributed by atoms with E-state index < -0.39 is 0 Å². The van der Waals surface area contributed by atoms with Crippen LogP contribution in [0.5, 0.6) is 0 Å². The molecule has 2 aliphatic carbocycles. The quantitative estimate of drug-likeness (QED) is 0.534. The Kier molecular flexibility index (Phi) is 5.77. The molecule has 0 atom stereocenters. The number of aryl methyl sites for hydroxylation is 3. The third kappa shape index (κ3) is 4.31. The van der Waals surface area contributed by atoms with Crippen LogP contribution in [-0.4, -0.2) is 28.6 Å². The van der Waals surface area contributed by atoms with Gasteiger partial charge in [0, 0.05) is 17.0 Å². The van der Waals surface area contributed by atoms with Crippen molar-refractivity contribution in [1.29, 1.82) is 0 Å². The van der Waals surface area contributed by atoms with Gasteiger partial charge in [0.25, 0.3) is 0 Å². The molecule has 0 saturated heterocycles. The zero-order valence-corrected chi connectivity index (χ0v) is 17.8. The number of nitrogens with zero attached hydrogens (tertiary/aromatic N) is 2. The van der Waals surface area contributed by atoms with Gasteiger partial charge in [0.2, 0.25) is 0 Å². The summed E-state index contributed by atoms with van der Waals surface area (Å²) < 4.78 is 0. The molecule has 29 heavy (non-hydrogen) atoms. The second kappa shape index (κ2) is 8.80. The summed E-state index contributed by atoms with van der Waals surface area (Å²) >= 11 is 1.87. The number of nitrogens with one attached hydrogen (secondary N) is 2. The van der Waals surface area contributed by atoms with Gasteiger partial charge in [-0.2, -0.15) is 0 Å². The molecular formula is C24H30N4S. The van der Waals surface area contributed by atoms with Crippen LogP contribution >= 0.6 is 11.3 Å². The van der Waals surface area contributed by atoms with Crippen LogP contribution in [0.15, 0.2) is 36.7 Å². The lowest BCUT2D eigenvalue weighted by atomic mass is 9.91. The average Bonchev–Trinajstić information content (AvgIpc) is 3.35. The molecule has 0 radical (unpaired) electrons. The predicted molar refractivity (Wildman–Crippen MR) is 122 cm³/mol. The molecule has 5 heteroatoms. The molecular weight excluding hydrogens is 376 g/mol. The average molecular weight is 407 g/mol. The van der Waals surface area contributed by atoms with E-state index in [-0.39, 0.29) is 0 Å². The van der Waals surface area contributed by atoms with Gasteiger partial charge in [-0.15, -0.1) is 11.3 Å². The molecule has 1 saturated carbocycles. The van der Waals surface area contributed by atoms with Crippen LogP contribution in [0.3, 0.4) is 0 Å². The second-order valence-corrected chi connectivity index (χ2v) is 9.58. The Bertz CT molecular complexity index is 944. The zero-order valence-electron chi connectivity index (χ0n) is 17.0. The summed E-state index contributed by atoms with van der Waals surface area (Å²) in [5.74, 6) is 1.08. The Morgan fingerprint density at radius 2 is 1.79 bits per heavy atom. The minimum Gasteiger partial charge on any atom is -0.367 e. The molecule has 0 bridgehead atoms. The monoisotopic (exact) mass is 406 g/mol. The van der Waals surface area contributed by atoms with E-state index in [9.17, 15) is 0 Å². The predicted octanol–water partition coefficient (Wildman–Crippen LogP) is 5.13. The molecule has 0 amide bonds. The SMILES string of the molecule is c1ccc(CCCNC2CCC(Nc3ncnc4sc5c(c34)CCC5)CC2)cc1. The highest BCUT2D eigenvalue weighted by atomic mass is 32.1. The fourth-order valence-corrected chi connectivity index (χ4v) is 6.15. The summed E-state index contributed by atoms with van der Waals surface area (Å²) in [7, 11) is 0. The molecule has 2 N–H and O–H groups in total. The van der Waals surface area contributed by atoms with E-state index in [1.165, 1.54) is 84.0 Å². The summed E-state index contributed by atoms with van der Waals surface area (Å²) in [6.45, 7) is 1.12. The fourth-order valence-electron chi connectivity index (χ4n) is 4.92. The summed E-state index contributed by atoms with van der Waals surface area (Å²) in [6, 6.07) is 12.0.